The molecule has 1 aliphatic rings. The Morgan fingerprint density at radius 2 is 1.77 bits per heavy atom. The summed E-state index contributed by atoms with van der Waals surface area (Å²) in [6, 6.07) is 15.3. The third-order valence-corrected chi connectivity index (χ3v) is 8.54. The highest BCUT2D eigenvalue weighted by Gasteiger charge is 2.22. The van der Waals surface area contributed by atoms with Crippen molar-refractivity contribution in [2.24, 2.45) is 0 Å². The number of aromatic amines is 1. The molecule has 1 saturated heterocycles. The molecule has 0 aliphatic carbocycles. The summed E-state index contributed by atoms with van der Waals surface area (Å²) in [5.41, 5.74) is 2.43. The number of benzene rings is 3. The number of likely N-dealkylation sites (N-methyl/N-ethyl adjacent to an activating group) is 1. The van der Waals surface area contributed by atoms with Crippen LogP contribution in [0.4, 0.5) is 11.4 Å². The van der Waals surface area contributed by atoms with Gasteiger partial charge < -0.3 is 34.5 Å². The maximum absolute atomic E-state index is 13.7. The average Bonchev–Trinajstić information content (AvgIpc) is 3.09. The van der Waals surface area contributed by atoms with E-state index in [2.05, 4.69) is 27.2 Å². The van der Waals surface area contributed by atoms with Crippen LogP contribution in [0.5, 0.6) is 11.5 Å². The number of hydrogen-bond acceptors (Lipinski definition) is 8. The smallest absolute Gasteiger partial charge is 0.259 e. The number of unbranched alkanes of at least 4 members (excludes halogenated alkanes) is 2. The third kappa shape index (κ3) is 8.00. The summed E-state index contributed by atoms with van der Waals surface area (Å²) >= 11 is 0. The number of aromatic nitrogens is 2. The molecule has 2 N–H and O–H groups in total. The standard InChI is InChI=1S/C36H42N6O6/c1-24-12-15-29(31(21-24)48-20-7-5-6-11-32(43)42-18-16-40(2)17-19-42)41(3)36(46)25-13-14-27(30(22-25)47-4)39-34(44)26-9-8-10-28-33(26)35(45)38-23-37-28/h8-10,12-15,21-23H,5-7,11,16-20H2,1-4H3,(H,39,44)(H,37,38,45). The summed E-state index contributed by atoms with van der Waals surface area (Å²) in [4.78, 5) is 64.2. The molecule has 0 bridgehead atoms. The van der Waals surface area contributed by atoms with Crippen LogP contribution in [0.2, 0.25) is 0 Å². The van der Waals surface area contributed by atoms with Crippen molar-refractivity contribution in [3.05, 3.63) is 88.0 Å². The molecule has 2 heterocycles. The first-order valence-electron chi connectivity index (χ1n) is 16.1. The molecular weight excluding hydrogens is 612 g/mol. The maximum atomic E-state index is 13.7. The van der Waals surface area contributed by atoms with Gasteiger partial charge >= 0.3 is 0 Å². The zero-order chi connectivity index (χ0) is 34.2. The van der Waals surface area contributed by atoms with Gasteiger partial charge in [-0.2, -0.15) is 0 Å². The number of nitrogens with zero attached hydrogens (tertiary/aromatic N) is 4. The zero-order valence-corrected chi connectivity index (χ0v) is 27.9. The number of ether oxygens (including phenoxy) is 2. The molecule has 12 heteroatoms. The number of carbonyl (C=O) groups excluding carboxylic acids is 3. The Hall–Kier alpha value is -5.23. The highest BCUT2D eigenvalue weighted by atomic mass is 16.5. The molecule has 1 aliphatic heterocycles. The van der Waals surface area contributed by atoms with E-state index in [4.69, 9.17) is 9.47 Å². The molecule has 0 spiro atoms. The van der Waals surface area contributed by atoms with Crippen LogP contribution in [-0.2, 0) is 4.79 Å². The predicted molar refractivity (Wildman–Crippen MR) is 185 cm³/mol. The largest absolute Gasteiger partial charge is 0.495 e. The normalized spacial score (nSPS) is 13.3. The number of hydrogen-bond donors (Lipinski definition) is 2. The van der Waals surface area contributed by atoms with Crippen LogP contribution in [0.1, 0.15) is 52.0 Å². The second-order valence-corrected chi connectivity index (χ2v) is 12.0. The van der Waals surface area contributed by atoms with Gasteiger partial charge in [-0.3, -0.25) is 19.2 Å². The molecule has 0 unspecified atom stereocenters. The van der Waals surface area contributed by atoms with E-state index in [-0.39, 0.29) is 28.5 Å². The minimum absolute atomic E-state index is 0.162. The molecule has 12 nitrogen and oxygen atoms in total. The molecule has 3 aromatic carbocycles. The monoisotopic (exact) mass is 654 g/mol. The number of nitrogens with one attached hydrogen (secondary N) is 2. The van der Waals surface area contributed by atoms with Crippen LogP contribution in [-0.4, -0.2) is 91.5 Å². The van der Waals surface area contributed by atoms with E-state index in [0.29, 0.717) is 41.2 Å². The molecule has 0 atom stereocenters. The number of fused-ring (bicyclic) bond motifs is 1. The van der Waals surface area contributed by atoms with Gasteiger partial charge in [0.05, 0.1) is 47.9 Å². The summed E-state index contributed by atoms with van der Waals surface area (Å²) < 4.78 is 11.7. The summed E-state index contributed by atoms with van der Waals surface area (Å²) in [7, 11) is 5.20. The summed E-state index contributed by atoms with van der Waals surface area (Å²) in [6.45, 7) is 5.85. The Kier molecular flexibility index (Phi) is 11.1. The van der Waals surface area contributed by atoms with Gasteiger partial charge in [0, 0.05) is 45.2 Å². The van der Waals surface area contributed by atoms with E-state index in [1.165, 1.54) is 18.3 Å². The van der Waals surface area contributed by atoms with Gasteiger partial charge in [-0.25, -0.2) is 4.98 Å². The van der Waals surface area contributed by atoms with Crippen molar-refractivity contribution in [3.63, 3.8) is 0 Å². The SMILES string of the molecule is COc1cc(C(=O)N(C)c2ccc(C)cc2OCCCCCC(=O)N2CCN(C)CC2)ccc1NC(=O)c1cccc2nc[nH]c(=O)c12. The number of rotatable bonds is 12. The fourth-order valence-corrected chi connectivity index (χ4v) is 5.69. The molecular formula is C36H42N6O6. The summed E-state index contributed by atoms with van der Waals surface area (Å²) in [5, 5.41) is 2.97. The van der Waals surface area contributed by atoms with E-state index in [0.717, 1.165) is 51.0 Å². The lowest BCUT2D eigenvalue weighted by Crippen LogP contribution is -2.47. The van der Waals surface area contributed by atoms with Crippen molar-refractivity contribution >= 4 is 40.0 Å². The number of amides is 3. The van der Waals surface area contributed by atoms with Crippen LogP contribution in [0.15, 0.2) is 65.7 Å². The summed E-state index contributed by atoms with van der Waals surface area (Å²) in [6.07, 6.45) is 4.30. The van der Waals surface area contributed by atoms with Crippen molar-refractivity contribution in [3.8, 4) is 11.5 Å². The van der Waals surface area contributed by atoms with Gasteiger partial charge in [-0.05, 0) is 81.3 Å². The van der Waals surface area contributed by atoms with Crippen molar-refractivity contribution in [2.75, 3.05) is 64.2 Å². The third-order valence-electron chi connectivity index (χ3n) is 8.54. The molecule has 1 fully saturated rings. The number of H-pyrrole nitrogens is 1. The fourth-order valence-electron chi connectivity index (χ4n) is 5.69. The lowest BCUT2D eigenvalue weighted by atomic mass is 10.1. The second kappa shape index (κ2) is 15.6. The average molecular weight is 655 g/mol. The number of carbonyl (C=O) groups is 3. The molecule has 48 heavy (non-hydrogen) atoms. The Morgan fingerprint density at radius 1 is 0.979 bits per heavy atom. The van der Waals surface area contributed by atoms with Gasteiger partial charge in [0.25, 0.3) is 17.4 Å². The fraction of sp³-hybridized carbons (Fsp3) is 0.361. The number of aryl methyl sites for hydroxylation is 1. The van der Waals surface area contributed by atoms with Crippen LogP contribution in [0.25, 0.3) is 10.9 Å². The number of piperazine rings is 1. The van der Waals surface area contributed by atoms with E-state index < -0.39 is 11.5 Å². The Balaban J connectivity index is 1.20. The van der Waals surface area contributed by atoms with Crippen molar-refractivity contribution in [1.82, 2.24) is 19.8 Å². The first kappa shape index (κ1) is 34.1. The van der Waals surface area contributed by atoms with Crippen LogP contribution in [0.3, 0.4) is 0 Å². The quantitative estimate of drug-likeness (QED) is 0.214. The van der Waals surface area contributed by atoms with Crippen LogP contribution in [0, 0.1) is 6.92 Å². The van der Waals surface area contributed by atoms with E-state index in [9.17, 15) is 19.2 Å². The first-order chi connectivity index (χ1) is 23.2. The molecule has 252 valence electrons. The topological polar surface area (TPSA) is 137 Å². The lowest BCUT2D eigenvalue weighted by molar-refractivity contribution is -0.132. The van der Waals surface area contributed by atoms with Gasteiger partial charge in [0.15, 0.2) is 0 Å². The zero-order valence-electron chi connectivity index (χ0n) is 27.9. The maximum Gasteiger partial charge on any atom is 0.259 e. The molecule has 5 rings (SSSR count). The molecule has 3 amide bonds. The van der Waals surface area contributed by atoms with E-state index in [1.54, 1.807) is 43.4 Å². The highest BCUT2D eigenvalue weighted by Crippen LogP contribution is 2.32. The first-order valence-corrected chi connectivity index (χ1v) is 16.1. The minimum atomic E-state index is -0.517. The van der Waals surface area contributed by atoms with Gasteiger partial charge in [-0.1, -0.05) is 12.1 Å². The van der Waals surface area contributed by atoms with Gasteiger partial charge in [-0.15, -0.1) is 0 Å². The number of anilines is 2. The molecule has 4 aromatic rings. The van der Waals surface area contributed by atoms with Gasteiger partial charge in [0.2, 0.25) is 5.91 Å². The van der Waals surface area contributed by atoms with Gasteiger partial charge in [0.1, 0.15) is 11.5 Å². The Bertz CT molecular complexity index is 1840. The lowest BCUT2D eigenvalue weighted by Gasteiger charge is -2.32. The van der Waals surface area contributed by atoms with Crippen molar-refractivity contribution in [2.45, 2.75) is 32.6 Å². The predicted octanol–water partition coefficient (Wildman–Crippen LogP) is 4.48. The number of methoxy groups -OCH3 is 1. The molecule has 0 radical (unpaired) electrons. The molecule has 1 aromatic heterocycles. The minimum Gasteiger partial charge on any atom is -0.495 e. The van der Waals surface area contributed by atoms with Crippen LogP contribution >= 0.6 is 0 Å². The van der Waals surface area contributed by atoms with E-state index >= 15 is 0 Å². The van der Waals surface area contributed by atoms with E-state index in [1.807, 2.05) is 30.0 Å². The van der Waals surface area contributed by atoms with Crippen LogP contribution < -0.4 is 25.2 Å². The Morgan fingerprint density at radius 3 is 2.54 bits per heavy atom. The Labute approximate surface area is 279 Å². The van der Waals surface area contributed by atoms with Crippen molar-refractivity contribution in [1.29, 1.82) is 0 Å². The molecule has 0 saturated carbocycles. The second-order valence-electron chi connectivity index (χ2n) is 12.0. The summed E-state index contributed by atoms with van der Waals surface area (Å²) in [5.74, 6) is 0.276. The van der Waals surface area contributed by atoms with Crippen molar-refractivity contribution < 1.29 is 23.9 Å². The highest BCUT2D eigenvalue weighted by molar-refractivity contribution is 6.13.